The predicted molar refractivity (Wildman–Crippen MR) is 207 cm³/mol. The summed E-state index contributed by atoms with van der Waals surface area (Å²) < 4.78 is 10.4. The van der Waals surface area contributed by atoms with Crippen molar-refractivity contribution in [2.45, 2.75) is 84.1 Å². The zero-order valence-electron chi connectivity index (χ0n) is 32.7. The normalized spacial score (nSPS) is 22.3. The van der Waals surface area contributed by atoms with Crippen molar-refractivity contribution in [1.29, 1.82) is 0 Å². The van der Waals surface area contributed by atoms with E-state index in [1.165, 1.54) is 18.9 Å². The van der Waals surface area contributed by atoms with Crippen molar-refractivity contribution in [2.75, 3.05) is 33.9 Å². The number of nitrogens with one attached hydrogen (secondary N) is 6. The second-order valence-corrected chi connectivity index (χ2v) is 14.8. The van der Waals surface area contributed by atoms with E-state index in [-0.39, 0.29) is 44.2 Å². The molecule has 15 heteroatoms. The van der Waals surface area contributed by atoms with Gasteiger partial charge in [0.15, 0.2) is 0 Å². The molecule has 1 saturated heterocycles. The lowest BCUT2D eigenvalue weighted by atomic mass is 9.99. The first-order valence-corrected chi connectivity index (χ1v) is 18.6. The number of nitrogens with zero attached hydrogens (tertiary/aromatic N) is 1. The summed E-state index contributed by atoms with van der Waals surface area (Å²) in [6, 6.07) is 9.52. The fraction of sp³-hybridized carbons (Fsp3) is 0.500. The van der Waals surface area contributed by atoms with Crippen molar-refractivity contribution in [1.82, 2.24) is 36.5 Å². The van der Waals surface area contributed by atoms with Gasteiger partial charge in [0.1, 0.15) is 36.5 Å². The van der Waals surface area contributed by atoms with Crippen LogP contribution >= 0.6 is 0 Å². The smallest absolute Gasteiger partial charge is 0.249 e. The Morgan fingerprint density at radius 1 is 0.782 bits per heavy atom. The number of benzene rings is 2. The van der Waals surface area contributed by atoms with E-state index >= 15 is 0 Å². The van der Waals surface area contributed by atoms with Gasteiger partial charge < -0.3 is 45.9 Å². The molecule has 0 unspecified atom stereocenters. The average Bonchev–Trinajstić information content (AvgIpc) is 3.55. The molecule has 0 saturated carbocycles. The van der Waals surface area contributed by atoms with Gasteiger partial charge in [-0.15, -0.1) is 0 Å². The SMILES string of the molecule is COCC(=O)N1CC(=O)N[C@H](Cc2c[nH]c3ccccc23)C(=O)N[C@@H](CC(C)C)C(=O)N[C@@H](Cc2ccc(OC)cc2)C(=O)N[C@H](C)C(=O)N[C@@H](C(C)C)C1. The van der Waals surface area contributed by atoms with Crippen LogP contribution in [0.15, 0.2) is 54.7 Å². The van der Waals surface area contributed by atoms with Crippen molar-refractivity contribution in [3.8, 4) is 5.75 Å². The quantitative estimate of drug-likeness (QED) is 0.179. The van der Waals surface area contributed by atoms with Crippen LogP contribution < -0.4 is 31.3 Å². The Hall–Kier alpha value is -5.44. The van der Waals surface area contributed by atoms with Crippen molar-refractivity contribution >= 4 is 46.3 Å². The summed E-state index contributed by atoms with van der Waals surface area (Å²) in [6.07, 6.45) is 2.12. The van der Waals surface area contributed by atoms with Gasteiger partial charge in [-0.05, 0) is 54.5 Å². The summed E-state index contributed by atoms with van der Waals surface area (Å²) in [5.74, 6) is -3.11. The van der Waals surface area contributed by atoms with Crippen LogP contribution in [0.3, 0.4) is 0 Å². The third kappa shape index (κ3) is 12.0. The number of methoxy groups -OCH3 is 2. The molecule has 15 nitrogen and oxygen atoms in total. The highest BCUT2D eigenvalue weighted by atomic mass is 16.5. The van der Waals surface area contributed by atoms with Crippen LogP contribution in [-0.4, -0.2) is 109 Å². The summed E-state index contributed by atoms with van der Waals surface area (Å²) in [6.45, 7) is 8.22. The molecule has 6 amide bonds. The molecule has 2 aromatic carbocycles. The molecule has 0 spiro atoms. The number of amides is 6. The van der Waals surface area contributed by atoms with Gasteiger partial charge >= 0.3 is 0 Å². The topological polar surface area (TPSA) is 200 Å². The molecule has 298 valence electrons. The Kier molecular flexibility index (Phi) is 15.2. The van der Waals surface area contributed by atoms with Crippen LogP contribution in [0.1, 0.15) is 52.2 Å². The minimum atomic E-state index is -1.16. The maximum Gasteiger partial charge on any atom is 0.249 e. The first kappa shape index (κ1) is 42.3. The summed E-state index contributed by atoms with van der Waals surface area (Å²) >= 11 is 0. The fourth-order valence-corrected chi connectivity index (χ4v) is 6.41. The third-order valence-electron chi connectivity index (χ3n) is 9.58. The number of fused-ring (bicyclic) bond motifs is 1. The van der Waals surface area contributed by atoms with Crippen molar-refractivity contribution in [2.24, 2.45) is 11.8 Å². The van der Waals surface area contributed by atoms with E-state index < -0.39 is 72.2 Å². The van der Waals surface area contributed by atoms with Crippen LogP contribution in [0.5, 0.6) is 5.75 Å². The molecule has 4 rings (SSSR count). The molecule has 1 fully saturated rings. The van der Waals surface area contributed by atoms with Crippen LogP contribution in [0.2, 0.25) is 0 Å². The van der Waals surface area contributed by atoms with Gasteiger partial charge in [-0.1, -0.05) is 58.0 Å². The molecule has 0 bridgehead atoms. The second kappa shape index (κ2) is 19.8. The third-order valence-corrected chi connectivity index (χ3v) is 9.58. The van der Waals surface area contributed by atoms with Gasteiger partial charge in [0, 0.05) is 49.6 Å². The summed E-state index contributed by atoms with van der Waals surface area (Å²) in [5, 5.41) is 15.0. The average molecular weight is 762 g/mol. The van der Waals surface area contributed by atoms with Crippen molar-refractivity contribution in [3.05, 3.63) is 65.9 Å². The molecule has 0 radical (unpaired) electrons. The maximum atomic E-state index is 14.2. The first-order chi connectivity index (χ1) is 26.2. The van der Waals surface area contributed by atoms with E-state index in [0.29, 0.717) is 11.3 Å². The number of carbonyl (C=O) groups is 6. The summed E-state index contributed by atoms with van der Waals surface area (Å²) in [7, 11) is 2.90. The summed E-state index contributed by atoms with van der Waals surface area (Å²) in [5.41, 5.74) is 2.31. The molecular weight excluding hydrogens is 706 g/mol. The van der Waals surface area contributed by atoms with Crippen LogP contribution in [0, 0.1) is 11.8 Å². The van der Waals surface area contributed by atoms with Crippen molar-refractivity contribution < 1.29 is 38.2 Å². The molecule has 0 aliphatic carbocycles. The molecule has 1 aromatic heterocycles. The number of hydrogen-bond donors (Lipinski definition) is 6. The van der Waals surface area contributed by atoms with Gasteiger partial charge in [-0.25, -0.2) is 0 Å². The van der Waals surface area contributed by atoms with Gasteiger partial charge in [-0.2, -0.15) is 0 Å². The Morgan fingerprint density at radius 2 is 1.42 bits per heavy atom. The molecular formula is C40H55N7O8. The Labute approximate surface area is 322 Å². The number of para-hydroxylation sites is 1. The predicted octanol–water partition coefficient (Wildman–Crippen LogP) is 1.60. The molecule has 1 aliphatic rings. The zero-order chi connectivity index (χ0) is 40.2. The zero-order valence-corrected chi connectivity index (χ0v) is 32.7. The van der Waals surface area contributed by atoms with E-state index in [1.54, 1.807) is 37.6 Å². The Morgan fingerprint density at radius 3 is 2.07 bits per heavy atom. The van der Waals surface area contributed by atoms with Crippen LogP contribution in [0.4, 0.5) is 0 Å². The molecule has 3 aromatic rings. The van der Waals surface area contributed by atoms with E-state index in [1.807, 2.05) is 52.0 Å². The lowest BCUT2D eigenvalue weighted by molar-refractivity contribution is -0.141. The van der Waals surface area contributed by atoms with E-state index in [2.05, 4.69) is 31.6 Å². The highest BCUT2D eigenvalue weighted by Gasteiger charge is 2.34. The number of hydrogen-bond acceptors (Lipinski definition) is 8. The molecule has 55 heavy (non-hydrogen) atoms. The van der Waals surface area contributed by atoms with E-state index in [9.17, 15) is 28.8 Å². The van der Waals surface area contributed by atoms with E-state index in [0.717, 1.165) is 16.5 Å². The van der Waals surface area contributed by atoms with Crippen LogP contribution in [-0.2, 0) is 46.3 Å². The van der Waals surface area contributed by atoms with Gasteiger partial charge in [-0.3, -0.25) is 28.8 Å². The maximum absolute atomic E-state index is 14.2. The monoisotopic (exact) mass is 761 g/mol. The number of aromatic nitrogens is 1. The minimum absolute atomic E-state index is 0.0500. The van der Waals surface area contributed by atoms with Crippen LogP contribution in [0.25, 0.3) is 10.9 Å². The number of rotatable bonds is 10. The lowest BCUT2D eigenvalue weighted by Gasteiger charge is -2.32. The van der Waals surface area contributed by atoms with E-state index in [4.69, 9.17) is 9.47 Å². The Bertz CT molecular complexity index is 1810. The second-order valence-electron chi connectivity index (χ2n) is 14.8. The highest BCUT2D eigenvalue weighted by molar-refractivity contribution is 5.96. The number of carbonyl (C=O) groups excluding carboxylic acids is 6. The first-order valence-electron chi connectivity index (χ1n) is 18.6. The highest BCUT2D eigenvalue weighted by Crippen LogP contribution is 2.20. The molecule has 6 N–H and O–H groups in total. The molecule has 1 aliphatic heterocycles. The van der Waals surface area contributed by atoms with Gasteiger partial charge in [0.25, 0.3) is 0 Å². The largest absolute Gasteiger partial charge is 0.497 e. The Balaban J connectivity index is 1.75. The standard InChI is InChI=1S/C40H55N7O8/c1-23(2)16-31-39(52)45-32(17-26-12-14-28(55-7)15-13-26)38(51)42-25(5)37(50)46-34(24(3)4)20-47(36(49)22-54-6)21-35(48)43-33(40(53)44-31)18-27-19-41-30-11-9-8-10-29(27)30/h8-15,19,23-25,31-34,41H,16-18,20-22H2,1-7H3,(H,42,51)(H,43,48)(H,44,53)(H,45,52)(H,46,50)/t25-,31+,32+,33-,34-/m1/s1. The lowest BCUT2D eigenvalue weighted by Crippen LogP contribution is -2.60. The number of aromatic amines is 1. The minimum Gasteiger partial charge on any atom is -0.497 e. The number of H-pyrrole nitrogens is 1. The molecule has 2 heterocycles. The van der Waals surface area contributed by atoms with Crippen molar-refractivity contribution in [3.63, 3.8) is 0 Å². The molecule has 5 atom stereocenters. The summed E-state index contributed by atoms with van der Waals surface area (Å²) in [4.78, 5) is 87.3. The fourth-order valence-electron chi connectivity index (χ4n) is 6.41. The van der Waals surface area contributed by atoms with Gasteiger partial charge in [0.2, 0.25) is 35.4 Å². The number of ether oxygens (including phenoxy) is 2. The van der Waals surface area contributed by atoms with Gasteiger partial charge in [0.05, 0.1) is 13.7 Å².